The maximum Gasteiger partial charge on any atom is 0.407 e. The van der Waals surface area contributed by atoms with E-state index in [0.29, 0.717) is 0 Å². The highest BCUT2D eigenvalue weighted by molar-refractivity contribution is 5.86. The van der Waals surface area contributed by atoms with E-state index in [9.17, 15) is 14.4 Å². The van der Waals surface area contributed by atoms with Crippen LogP contribution in [-0.4, -0.2) is 66.4 Å². The van der Waals surface area contributed by atoms with Crippen LogP contribution in [0.1, 0.15) is 44.2 Å². The van der Waals surface area contributed by atoms with Gasteiger partial charge < -0.3 is 24.8 Å². The molecule has 0 saturated carbocycles. The first-order valence-corrected chi connectivity index (χ1v) is 11.3. The van der Waals surface area contributed by atoms with Crippen LogP contribution >= 0.6 is 0 Å². The van der Waals surface area contributed by atoms with E-state index in [2.05, 4.69) is 17.4 Å². The van der Waals surface area contributed by atoms with Crippen molar-refractivity contribution in [1.29, 1.82) is 0 Å². The number of carbonyl (C=O) groups excluding carboxylic acids is 2. The van der Waals surface area contributed by atoms with Gasteiger partial charge in [-0.1, -0.05) is 48.5 Å². The summed E-state index contributed by atoms with van der Waals surface area (Å²) in [5, 5.41) is 11.5. The average Bonchev–Trinajstić information content (AvgIpc) is 3.11. The lowest BCUT2D eigenvalue weighted by molar-refractivity contribution is -0.139. The molecule has 0 bridgehead atoms. The van der Waals surface area contributed by atoms with Gasteiger partial charge in [0.25, 0.3) is 0 Å². The average molecular weight is 469 g/mol. The highest BCUT2D eigenvalue weighted by Crippen LogP contribution is 2.44. The molecule has 2 N–H and O–H groups in total. The minimum absolute atomic E-state index is 0.0204. The molecule has 2 amide bonds. The molecule has 0 radical (unpaired) electrons. The monoisotopic (exact) mass is 468 g/mol. The smallest absolute Gasteiger partial charge is 0.407 e. The van der Waals surface area contributed by atoms with Gasteiger partial charge in [-0.2, -0.15) is 0 Å². The van der Waals surface area contributed by atoms with E-state index in [-0.39, 0.29) is 32.1 Å². The SMILES string of the molecule is CN(CCC(=O)O)C(=O)[C@H](COC(C)(C)C)NC(=O)OCC1c2ccccc2-c2ccccc21. The number of ether oxygens (including phenoxy) is 2. The fourth-order valence-corrected chi connectivity index (χ4v) is 3.93. The quantitative estimate of drug-likeness (QED) is 0.582. The number of fused-ring (bicyclic) bond motifs is 3. The van der Waals surface area contributed by atoms with E-state index < -0.39 is 29.6 Å². The molecule has 0 aliphatic heterocycles. The number of amides is 2. The van der Waals surface area contributed by atoms with Crippen LogP contribution in [0.2, 0.25) is 0 Å². The Balaban J connectivity index is 1.67. The highest BCUT2D eigenvalue weighted by Gasteiger charge is 2.31. The van der Waals surface area contributed by atoms with E-state index in [0.717, 1.165) is 22.3 Å². The van der Waals surface area contributed by atoms with Crippen LogP contribution in [-0.2, 0) is 19.1 Å². The third-order valence-corrected chi connectivity index (χ3v) is 5.65. The summed E-state index contributed by atoms with van der Waals surface area (Å²) < 4.78 is 11.3. The number of likely N-dealkylation sites (N-methyl/N-ethyl adjacent to an activating group) is 1. The summed E-state index contributed by atoms with van der Waals surface area (Å²) in [5.41, 5.74) is 3.90. The molecule has 1 aliphatic carbocycles. The molecule has 8 nitrogen and oxygen atoms in total. The molecule has 0 aromatic heterocycles. The Morgan fingerprint density at radius 2 is 1.59 bits per heavy atom. The minimum atomic E-state index is -1.01. The summed E-state index contributed by atoms with van der Waals surface area (Å²) in [4.78, 5) is 37.7. The molecule has 0 saturated heterocycles. The number of carboxylic acid groups (broad SMARTS) is 1. The maximum atomic E-state index is 12.9. The van der Waals surface area contributed by atoms with E-state index >= 15 is 0 Å². The Morgan fingerprint density at radius 1 is 1.03 bits per heavy atom. The fraction of sp³-hybridized carbons (Fsp3) is 0.423. The van der Waals surface area contributed by atoms with Crippen molar-refractivity contribution in [1.82, 2.24) is 10.2 Å². The zero-order chi connectivity index (χ0) is 24.9. The number of benzene rings is 2. The number of nitrogens with one attached hydrogen (secondary N) is 1. The maximum absolute atomic E-state index is 12.9. The predicted molar refractivity (Wildman–Crippen MR) is 128 cm³/mol. The molecule has 2 aromatic rings. The number of aliphatic carboxylic acids is 1. The molecule has 34 heavy (non-hydrogen) atoms. The Bertz CT molecular complexity index is 1000. The van der Waals surface area contributed by atoms with Crippen molar-refractivity contribution in [3.8, 4) is 11.1 Å². The molecule has 2 aromatic carbocycles. The van der Waals surface area contributed by atoms with Crippen molar-refractivity contribution >= 4 is 18.0 Å². The van der Waals surface area contributed by atoms with Gasteiger partial charge in [0.15, 0.2) is 0 Å². The predicted octanol–water partition coefficient (Wildman–Crippen LogP) is 3.64. The van der Waals surface area contributed by atoms with Crippen LogP contribution in [0.15, 0.2) is 48.5 Å². The summed E-state index contributed by atoms with van der Waals surface area (Å²) in [7, 11) is 1.49. The molecule has 182 valence electrons. The first kappa shape index (κ1) is 25.2. The number of alkyl carbamates (subject to hydrolysis) is 1. The lowest BCUT2D eigenvalue weighted by Gasteiger charge is -2.27. The lowest BCUT2D eigenvalue weighted by Crippen LogP contribution is -2.51. The lowest BCUT2D eigenvalue weighted by atomic mass is 9.98. The first-order valence-electron chi connectivity index (χ1n) is 11.3. The first-order chi connectivity index (χ1) is 16.1. The molecule has 0 fully saturated rings. The molecule has 0 unspecified atom stereocenters. The molecular weight excluding hydrogens is 436 g/mol. The van der Waals surface area contributed by atoms with E-state index in [1.807, 2.05) is 57.2 Å². The van der Waals surface area contributed by atoms with Crippen LogP contribution in [0.4, 0.5) is 4.79 Å². The van der Waals surface area contributed by atoms with Gasteiger partial charge in [0, 0.05) is 19.5 Å². The van der Waals surface area contributed by atoms with Crippen molar-refractivity contribution in [2.45, 2.75) is 44.8 Å². The molecule has 0 heterocycles. The second-order valence-corrected chi connectivity index (χ2v) is 9.35. The summed E-state index contributed by atoms with van der Waals surface area (Å²) in [6.45, 7) is 5.61. The fourth-order valence-electron chi connectivity index (χ4n) is 3.93. The van der Waals surface area contributed by atoms with Gasteiger partial charge >= 0.3 is 12.1 Å². The standard InChI is InChI=1S/C26H32N2O6/c1-26(2,3)34-16-22(24(31)28(4)14-13-23(29)30)27-25(32)33-15-21-19-11-7-5-9-17(19)18-10-6-8-12-20(18)21/h5-12,21-22H,13-16H2,1-4H3,(H,27,32)(H,29,30)/t22-/m0/s1. The number of hydrogen-bond donors (Lipinski definition) is 2. The molecular formula is C26H32N2O6. The van der Waals surface area contributed by atoms with Gasteiger partial charge in [-0.3, -0.25) is 9.59 Å². The summed E-state index contributed by atoms with van der Waals surface area (Å²) in [6, 6.07) is 15.1. The third-order valence-electron chi connectivity index (χ3n) is 5.65. The number of carbonyl (C=O) groups is 3. The molecule has 1 aliphatic rings. The zero-order valence-electron chi connectivity index (χ0n) is 20.0. The van der Waals surface area contributed by atoms with Crippen molar-refractivity contribution in [2.24, 2.45) is 0 Å². The third kappa shape index (κ3) is 6.35. The number of hydrogen-bond acceptors (Lipinski definition) is 5. The Kier molecular flexibility index (Phi) is 7.94. The normalized spacial score (nSPS) is 13.5. The van der Waals surface area contributed by atoms with Crippen LogP contribution in [0.5, 0.6) is 0 Å². The van der Waals surface area contributed by atoms with Crippen LogP contribution in [0.25, 0.3) is 11.1 Å². The Morgan fingerprint density at radius 3 is 2.12 bits per heavy atom. The van der Waals surface area contributed by atoms with Gasteiger partial charge in [-0.15, -0.1) is 0 Å². The minimum Gasteiger partial charge on any atom is -0.481 e. The van der Waals surface area contributed by atoms with Gasteiger partial charge in [0.1, 0.15) is 12.6 Å². The molecule has 3 rings (SSSR count). The molecule has 8 heteroatoms. The molecule has 1 atom stereocenters. The van der Waals surface area contributed by atoms with Crippen LogP contribution in [0, 0.1) is 0 Å². The number of carboxylic acids is 1. The second kappa shape index (κ2) is 10.7. The van der Waals surface area contributed by atoms with Crippen LogP contribution < -0.4 is 5.32 Å². The van der Waals surface area contributed by atoms with Gasteiger partial charge in [0.05, 0.1) is 18.6 Å². The highest BCUT2D eigenvalue weighted by atomic mass is 16.5. The topological polar surface area (TPSA) is 105 Å². The Hall–Kier alpha value is -3.39. The second-order valence-electron chi connectivity index (χ2n) is 9.35. The van der Waals surface area contributed by atoms with Crippen molar-refractivity contribution in [2.75, 3.05) is 26.8 Å². The van der Waals surface area contributed by atoms with Gasteiger partial charge in [-0.05, 0) is 43.0 Å². The van der Waals surface area contributed by atoms with Crippen LogP contribution in [0.3, 0.4) is 0 Å². The zero-order valence-corrected chi connectivity index (χ0v) is 20.0. The number of nitrogens with zero attached hydrogens (tertiary/aromatic N) is 1. The van der Waals surface area contributed by atoms with Crippen molar-refractivity contribution < 1.29 is 29.0 Å². The van der Waals surface area contributed by atoms with Gasteiger partial charge in [-0.25, -0.2) is 4.79 Å². The summed E-state index contributed by atoms with van der Waals surface area (Å²) >= 11 is 0. The number of rotatable bonds is 9. The van der Waals surface area contributed by atoms with E-state index in [1.54, 1.807) is 0 Å². The van der Waals surface area contributed by atoms with E-state index in [1.165, 1.54) is 11.9 Å². The van der Waals surface area contributed by atoms with Crippen molar-refractivity contribution in [3.05, 3.63) is 59.7 Å². The largest absolute Gasteiger partial charge is 0.481 e. The van der Waals surface area contributed by atoms with Crippen molar-refractivity contribution in [3.63, 3.8) is 0 Å². The molecule has 0 spiro atoms. The van der Waals surface area contributed by atoms with E-state index in [4.69, 9.17) is 14.6 Å². The van der Waals surface area contributed by atoms with Gasteiger partial charge in [0.2, 0.25) is 5.91 Å². The Labute approximate surface area is 199 Å². The summed E-state index contributed by atoms with van der Waals surface area (Å²) in [6.07, 6.45) is -0.926. The summed E-state index contributed by atoms with van der Waals surface area (Å²) in [5.74, 6) is -1.55.